The average molecular weight is 277 g/mol. The van der Waals surface area contributed by atoms with Crippen molar-refractivity contribution in [1.82, 2.24) is 15.6 Å². The second-order valence-corrected chi connectivity index (χ2v) is 4.54. The fourth-order valence-electron chi connectivity index (χ4n) is 1.76. The zero-order valence-electron chi connectivity index (χ0n) is 11.4. The van der Waals surface area contributed by atoms with E-state index in [1.165, 1.54) is 5.56 Å². The maximum absolute atomic E-state index is 3.85. The Labute approximate surface area is 122 Å². The molecule has 0 radical (unpaired) electrons. The van der Waals surface area contributed by atoms with Gasteiger partial charge in [-0.1, -0.05) is 61.9 Å². The van der Waals surface area contributed by atoms with E-state index in [0.717, 1.165) is 25.8 Å². The second-order valence-electron chi connectivity index (χ2n) is 4.32. The normalized spacial score (nSPS) is 11.7. The first-order valence-corrected chi connectivity index (χ1v) is 7.19. The summed E-state index contributed by atoms with van der Waals surface area (Å²) >= 11 is 3.85. The summed E-state index contributed by atoms with van der Waals surface area (Å²) in [5, 5.41) is 3.48. The standard InChI is InChI=1S/C15H23N3S/c1-2-12-16-15(9-6-13-17-18-19)11-10-14-7-4-3-5-8-14/h3-5,7-8,15-19H,2,10-13H2,1H3. The number of benzene rings is 1. The fourth-order valence-corrected chi connectivity index (χ4v) is 1.84. The Balaban J connectivity index is 2.41. The van der Waals surface area contributed by atoms with E-state index in [4.69, 9.17) is 0 Å². The van der Waals surface area contributed by atoms with Crippen LogP contribution in [0.15, 0.2) is 30.3 Å². The highest BCUT2D eigenvalue weighted by atomic mass is 32.1. The molecule has 1 rings (SSSR count). The van der Waals surface area contributed by atoms with Crippen LogP contribution in [0.2, 0.25) is 0 Å². The number of aryl methyl sites for hydroxylation is 1. The third-order valence-electron chi connectivity index (χ3n) is 2.74. The van der Waals surface area contributed by atoms with Crippen LogP contribution in [0.4, 0.5) is 0 Å². The molecule has 0 aliphatic rings. The molecule has 3 nitrogen and oxygen atoms in total. The van der Waals surface area contributed by atoms with Crippen LogP contribution in [0, 0.1) is 11.8 Å². The molecular formula is C15H23N3S. The summed E-state index contributed by atoms with van der Waals surface area (Å²) in [6.07, 6.45) is 3.21. The van der Waals surface area contributed by atoms with Gasteiger partial charge in [0.15, 0.2) is 0 Å². The summed E-state index contributed by atoms with van der Waals surface area (Å²) in [4.78, 5) is 2.56. The van der Waals surface area contributed by atoms with Crippen molar-refractivity contribution in [2.24, 2.45) is 0 Å². The molecule has 4 heteroatoms. The third-order valence-corrected chi connectivity index (χ3v) is 2.90. The average Bonchev–Trinajstić information content (AvgIpc) is 2.46. The Kier molecular flexibility index (Phi) is 9.21. The van der Waals surface area contributed by atoms with Crippen molar-refractivity contribution in [3.63, 3.8) is 0 Å². The smallest absolute Gasteiger partial charge is 0.0721 e. The van der Waals surface area contributed by atoms with Crippen LogP contribution in [-0.4, -0.2) is 19.1 Å². The van der Waals surface area contributed by atoms with E-state index in [1.807, 2.05) is 6.07 Å². The monoisotopic (exact) mass is 277 g/mol. The molecule has 0 heterocycles. The Morgan fingerprint density at radius 3 is 2.74 bits per heavy atom. The van der Waals surface area contributed by atoms with Crippen molar-refractivity contribution in [2.75, 3.05) is 13.1 Å². The molecule has 0 aliphatic carbocycles. The van der Waals surface area contributed by atoms with E-state index in [2.05, 4.69) is 71.4 Å². The van der Waals surface area contributed by atoms with Gasteiger partial charge in [0.1, 0.15) is 0 Å². The number of hydrogen-bond acceptors (Lipinski definition) is 4. The van der Waals surface area contributed by atoms with E-state index in [1.54, 1.807) is 0 Å². The molecule has 0 spiro atoms. The van der Waals surface area contributed by atoms with Crippen LogP contribution in [0.5, 0.6) is 0 Å². The first-order valence-electron chi connectivity index (χ1n) is 6.74. The van der Waals surface area contributed by atoms with Crippen LogP contribution in [0.25, 0.3) is 0 Å². The molecule has 1 aromatic rings. The van der Waals surface area contributed by atoms with Gasteiger partial charge in [-0.05, 0) is 31.4 Å². The maximum Gasteiger partial charge on any atom is 0.0721 e. The first kappa shape index (κ1) is 16.1. The van der Waals surface area contributed by atoms with Gasteiger partial charge in [0.05, 0.1) is 12.6 Å². The minimum absolute atomic E-state index is 0.252. The fraction of sp³-hybridized carbons (Fsp3) is 0.467. The van der Waals surface area contributed by atoms with Gasteiger partial charge in [-0.15, -0.1) is 0 Å². The molecule has 0 aromatic heterocycles. The summed E-state index contributed by atoms with van der Waals surface area (Å²) in [6, 6.07) is 10.8. The quantitative estimate of drug-likeness (QED) is 0.254. The summed E-state index contributed by atoms with van der Waals surface area (Å²) in [7, 11) is 0. The van der Waals surface area contributed by atoms with Gasteiger partial charge in [-0.3, -0.25) is 0 Å². The topological polar surface area (TPSA) is 36.1 Å². The molecular weight excluding hydrogens is 254 g/mol. The molecule has 0 saturated heterocycles. The number of rotatable bonds is 8. The lowest BCUT2D eigenvalue weighted by atomic mass is 10.1. The van der Waals surface area contributed by atoms with Crippen molar-refractivity contribution in [1.29, 1.82) is 0 Å². The molecule has 0 aliphatic heterocycles. The van der Waals surface area contributed by atoms with Gasteiger partial charge in [-0.2, -0.15) is 0 Å². The first-order chi connectivity index (χ1) is 9.36. The summed E-state index contributed by atoms with van der Waals surface area (Å²) in [5.41, 5.74) is 4.21. The van der Waals surface area contributed by atoms with Crippen LogP contribution in [0.3, 0.4) is 0 Å². The molecule has 0 fully saturated rings. The van der Waals surface area contributed by atoms with Gasteiger partial charge in [-0.25, -0.2) is 10.3 Å². The predicted molar refractivity (Wildman–Crippen MR) is 84.7 cm³/mol. The minimum Gasteiger partial charge on any atom is -0.304 e. The zero-order valence-corrected chi connectivity index (χ0v) is 12.3. The maximum atomic E-state index is 3.85. The molecule has 1 atom stereocenters. The number of nitrogens with one attached hydrogen (secondary N) is 3. The third kappa shape index (κ3) is 7.91. The SMILES string of the molecule is CCCNC(C#CCNNS)CCc1ccccc1. The summed E-state index contributed by atoms with van der Waals surface area (Å²) in [6.45, 7) is 3.77. The Morgan fingerprint density at radius 1 is 1.26 bits per heavy atom. The van der Waals surface area contributed by atoms with E-state index in [0.29, 0.717) is 6.54 Å². The lowest BCUT2D eigenvalue weighted by Gasteiger charge is -2.12. The van der Waals surface area contributed by atoms with Crippen LogP contribution in [-0.2, 0) is 6.42 Å². The highest BCUT2D eigenvalue weighted by Crippen LogP contribution is 2.04. The van der Waals surface area contributed by atoms with Gasteiger partial charge in [0, 0.05) is 0 Å². The summed E-state index contributed by atoms with van der Waals surface area (Å²) in [5.74, 6) is 6.36. The lowest BCUT2D eigenvalue weighted by Crippen LogP contribution is -2.29. The number of thiol groups is 1. The second kappa shape index (κ2) is 10.9. The van der Waals surface area contributed by atoms with Crippen molar-refractivity contribution in [2.45, 2.75) is 32.2 Å². The Bertz CT molecular complexity index is 383. The largest absolute Gasteiger partial charge is 0.304 e. The predicted octanol–water partition coefficient (Wildman–Crippen LogP) is 1.93. The molecule has 1 unspecified atom stereocenters. The highest BCUT2D eigenvalue weighted by Gasteiger charge is 2.03. The number of hydrazine groups is 1. The Hall–Kier alpha value is -0.990. The summed E-state index contributed by atoms with van der Waals surface area (Å²) < 4.78 is 0. The van der Waals surface area contributed by atoms with Crippen molar-refractivity contribution < 1.29 is 0 Å². The van der Waals surface area contributed by atoms with Gasteiger partial charge in [0.25, 0.3) is 0 Å². The molecule has 0 bridgehead atoms. The molecule has 104 valence electrons. The number of hydrogen-bond donors (Lipinski definition) is 4. The lowest BCUT2D eigenvalue weighted by molar-refractivity contribution is 0.565. The van der Waals surface area contributed by atoms with Crippen molar-refractivity contribution >= 4 is 12.8 Å². The van der Waals surface area contributed by atoms with E-state index in [9.17, 15) is 0 Å². The molecule has 0 saturated carbocycles. The van der Waals surface area contributed by atoms with E-state index in [-0.39, 0.29) is 6.04 Å². The molecule has 3 N–H and O–H groups in total. The molecule has 19 heavy (non-hydrogen) atoms. The highest BCUT2D eigenvalue weighted by molar-refractivity contribution is 7.78. The van der Waals surface area contributed by atoms with E-state index < -0.39 is 0 Å². The Morgan fingerprint density at radius 2 is 2.05 bits per heavy atom. The van der Waals surface area contributed by atoms with Crippen LogP contribution >= 0.6 is 12.8 Å². The molecule has 0 amide bonds. The van der Waals surface area contributed by atoms with Crippen LogP contribution < -0.4 is 15.6 Å². The zero-order chi connectivity index (χ0) is 13.8. The van der Waals surface area contributed by atoms with Gasteiger partial charge in [0.2, 0.25) is 0 Å². The minimum atomic E-state index is 0.252. The van der Waals surface area contributed by atoms with Crippen LogP contribution in [0.1, 0.15) is 25.3 Å². The van der Waals surface area contributed by atoms with E-state index >= 15 is 0 Å². The van der Waals surface area contributed by atoms with Crippen molar-refractivity contribution in [3.05, 3.63) is 35.9 Å². The molecule has 1 aromatic carbocycles. The van der Waals surface area contributed by atoms with Crippen molar-refractivity contribution in [3.8, 4) is 11.8 Å². The van der Waals surface area contributed by atoms with Gasteiger partial charge >= 0.3 is 0 Å². The van der Waals surface area contributed by atoms with Gasteiger partial charge < -0.3 is 5.32 Å².